The molecule has 0 radical (unpaired) electrons. The first kappa shape index (κ1) is 89.0. The summed E-state index contributed by atoms with van der Waals surface area (Å²) in [4.78, 5) is 111. The minimum Gasteiger partial charge on any atom is -0.485 e. The van der Waals surface area contributed by atoms with Gasteiger partial charge in [-0.05, 0) is 142 Å². The van der Waals surface area contributed by atoms with E-state index < -0.39 is 11.2 Å². The van der Waals surface area contributed by atoms with E-state index in [1.165, 1.54) is 23.3 Å². The molecule has 4 atom stereocenters. The Morgan fingerprint density at radius 3 is 1.09 bits per heavy atom. The molecule has 33 nitrogen and oxygen atoms in total. The number of ether oxygens (including phenoxy) is 3. The number of halogens is 2. The molecule has 4 spiro atoms. The quantitative estimate of drug-likeness (QED) is 0.127. The number of piperidine rings is 4. The number of nitrogens with two attached hydrogens (primary N) is 4. The van der Waals surface area contributed by atoms with Gasteiger partial charge in [0.05, 0.1) is 126 Å². The van der Waals surface area contributed by atoms with Crippen LogP contribution in [-0.4, -0.2) is 178 Å². The van der Waals surface area contributed by atoms with Crippen molar-refractivity contribution in [3.05, 3.63) is 299 Å². The number of anilines is 8. The number of hydrogen-bond donors (Lipinski definition) is 4. The molecule has 8 aromatic heterocycles. The third-order valence-electron chi connectivity index (χ3n) is 32.5. The molecule has 0 unspecified atom stereocenters. The molecule has 16 aliphatic rings. The Kier molecular flexibility index (Phi) is 22.2. The highest BCUT2D eigenvalue weighted by Crippen LogP contribution is 2.55. The minimum absolute atomic E-state index is 0.0436. The lowest BCUT2D eigenvalue weighted by Crippen LogP contribution is -2.51. The van der Waals surface area contributed by atoms with Crippen LogP contribution in [0.1, 0.15) is 197 Å². The molecule has 0 amide bonds. The van der Waals surface area contributed by atoms with Gasteiger partial charge in [0.1, 0.15) is 68.6 Å². The summed E-state index contributed by atoms with van der Waals surface area (Å²) in [5, 5.41) is 0. The van der Waals surface area contributed by atoms with Gasteiger partial charge in [-0.15, -0.1) is 0 Å². The maximum absolute atomic E-state index is 14.3. The summed E-state index contributed by atoms with van der Waals surface area (Å²) in [6, 6.07) is 38.3. The lowest BCUT2D eigenvalue weighted by molar-refractivity contribution is 0.0401. The van der Waals surface area contributed by atoms with Crippen LogP contribution in [0.15, 0.2) is 200 Å². The summed E-state index contributed by atoms with van der Waals surface area (Å²) in [6.45, 7) is 11.9. The molecule has 4 saturated heterocycles. The van der Waals surface area contributed by atoms with Gasteiger partial charge in [0.2, 0.25) is 0 Å². The molecule has 724 valence electrons. The van der Waals surface area contributed by atoms with Crippen LogP contribution < -0.4 is 87.5 Å². The fraction of sp³-hybridized carbons (Fsp3) is 0.402. The van der Waals surface area contributed by atoms with Gasteiger partial charge in [0.15, 0.2) is 46.5 Å². The van der Waals surface area contributed by atoms with Crippen LogP contribution in [0.4, 0.5) is 54.8 Å². The molecule has 35 heteroatoms. The van der Waals surface area contributed by atoms with Crippen molar-refractivity contribution in [2.75, 3.05) is 118 Å². The van der Waals surface area contributed by atoms with Crippen molar-refractivity contribution in [3.8, 4) is 17.2 Å². The molecule has 12 aromatic rings. The Morgan fingerprint density at radius 1 is 0.345 bits per heavy atom. The monoisotopic (exact) mass is 1910 g/mol. The molecule has 4 fully saturated rings. The zero-order chi connectivity index (χ0) is 96.0. The van der Waals surface area contributed by atoms with Crippen LogP contribution in [0.2, 0.25) is 0 Å². The maximum Gasteiger partial charge on any atom is 0.255 e. The average Bonchev–Trinajstić information content (AvgIpc) is 1.58. The van der Waals surface area contributed by atoms with E-state index in [0.29, 0.717) is 76.5 Å². The predicted octanol–water partition coefficient (Wildman–Crippen LogP) is 11.4. The van der Waals surface area contributed by atoms with E-state index in [1.54, 1.807) is 47.8 Å². The summed E-state index contributed by atoms with van der Waals surface area (Å²) < 4.78 is 50.6. The third-order valence-corrected chi connectivity index (χ3v) is 32.5. The van der Waals surface area contributed by atoms with E-state index >= 15 is 0 Å². The number of aryl methyl sites for hydroxylation is 4. The van der Waals surface area contributed by atoms with E-state index in [4.69, 9.17) is 97.0 Å². The topological polar surface area (TPSA) is 380 Å². The summed E-state index contributed by atoms with van der Waals surface area (Å²) in [7, 11) is 3.58. The Balaban J connectivity index is 0.0000000996. The molecular formula is C107H112F2N28O5. The Labute approximate surface area is 819 Å². The number of rotatable bonds is 4. The molecule has 4 aromatic carbocycles. The standard InChI is InChI=1S/C27H28FN7O2.C27H29N7O2.C27H29N7.C26H26FN7O/c1-33-11-7-20-16(26(33)36)5-3-10-35(20)25-22-19(14-31-25)32-21(15-30-22)34-12-8-27(9-13-34)24(29)17-4-2-6-18(28)23(17)37-27;1-32-12-8-20-17(26(32)35)6-4-11-34(20)25-23-19(15-30-25)31-22(16-29-23)33-13-9-27(10-14-33)24(28)18-5-2-3-7-21(18)36-27;28-25-19-6-2-1-5-18(19)15-27(25)9-13-33(14-10-27)23-17-30-24-21(32-23)16-31-26(24)34-12-4-7-20-22(34)8-3-11-29-20;27-17-5-1-4-16-23(17)35-26(24(16)28)8-12-33(13-9-26)21-15-30-22-19(32-21)14-31-25(22)34-11-3-6-18-20(34)7-2-10-29-18/h2,4,6-7,11,15,24H,3,5,8-10,12-14,29H2,1H3;2-3,5,7-8,12,16,24H,4,6,9-11,13-15,28H2,1H3;1-3,5-6,8,11,17,25H,4,7,9-10,12-16,28H2;1-2,4-5,7,10,15,24H,3,6,8-9,11-14,28H2/t2*24-;25-;24-/m1111/s1. The second-order valence-electron chi connectivity index (χ2n) is 40.3. The zero-order valence-corrected chi connectivity index (χ0v) is 79.6. The first-order chi connectivity index (χ1) is 69.3. The number of hydrogen-bond acceptors (Lipinski definition) is 31. The van der Waals surface area contributed by atoms with Crippen molar-refractivity contribution in [2.45, 2.75) is 176 Å². The van der Waals surface area contributed by atoms with Crippen molar-refractivity contribution in [2.24, 2.45) is 62.4 Å². The molecule has 0 bridgehead atoms. The largest absolute Gasteiger partial charge is 0.485 e. The van der Waals surface area contributed by atoms with Crippen LogP contribution in [0.5, 0.6) is 17.2 Å². The smallest absolute Gasteiger partial charge is 0.255 e. The average molecular weight is 1910 g/mol. The molecule has 28 rings (SSSR count). The van der Waals surface area contributed by atoms with Gasteiger partial charge in [0.25, 0.3) is 11.1 Å². The summed E-state index contributed by atoms with van der Waals surface area (Å²) in [5.74, 6) is 7.72. The van der Waals surface area contributed by atoms with Gasteiger partial charge >= 0.3 is 0 Å². The van der Waals surface area contributed by atoms with E-state index in [0.717, 1.165) is 309 Å². The highest BCUT2D eigenvalue weighted by Gasteiger charge is 2.54. The number of aromatic nitrogens is 12. The second-order valence-corrected chi connectivity index (χ2v) is 40.3. The van der Waals surface area contributed by atoms with Crippen molar-refractivity contribution in [3.63, 3.8) is 0 Å². The van der Waals surface area contributed by atoms with Crippen LogP contribution >= 0.6 is 0 Å². The molecule has 0 saturated carbocycles. The molecule has 15 aliphatic heterocycles. The van der Waals surface area contributed by atoms with Crippen LogP contribution in [0, 0.1) is 17.0 Å². The lowest BCUT2D eigenvalue weighted by atomic mass is 9.73. The first-order valence-corrected chi connectivity index (χ1v) is 50.1. The number of benzene rings is 4. The van der Waals surface area contributed by atoms with Crippen LogP contribution in [-0.2, 0) is 72.4 Å². The van der Waals surface area contributed by atoms with Gasteiger partial charge in [-0.2, -0.15) is 0 Å². The highest BCUT2D eigenvalue weighted by atomic mass is 19.1. The number of nitrogens with zero attached hydrogens (tertiary/aromatic N) is 24. The maximum atomic E-state index is 14.3. The summed E-state index contributed by atoms with van der Waals surface area (Å²) in [5.41, 5.74) is 45.7. The molecule has 8 N–H and O–H groups in total. The van der Waals surface area contributed by atoms with E-state index in [9.17, 15) is 18.4 Å². The fourth-order valence-corrected chi connectivity index (χ4v) is 24.6. The van der Waals surface area contributed by atoms with Crippen molar-refractivity contribution in [1.82, 2.24) is 59.0 Å². The molecule has 23 heterocycles. The molecule has 142 heavy (non-hydrogen) atoms. The van der Waals surface area contributed by atoms with Crippen molar-refractivity contribution < 1.29 is 23.0 Å². The Hall–Kier alpha value is -14.4. The highest BCUT2D eigenvalue weighted by molar-refractivity contribution is 6.14. The zero-order valence-electron chi connectivity index (χ0n) is 79.6. The van der Waals surface area contributed by atoms with Gasteiger partial charge in [0, 0.05) is 190 Å². The Morgan fingerprint density at radius 2 is 0.697 bits per heavy atom. The van der Waals surface area contributed by atoms with Gasteiger partial charge in [-0.1, -0.05) is 66.7 Å². The lowest BCUT2D eigenvalue weighted by Gasteiger charge is -2.42. The predicted molar refractivity (Wildman–Crippen MR) is 539 cm³/mol. The number of para-hydroxylation sites is 3. The number of pyridine rings is 4. The van der Waals surface area contributed by atoms with Crippen LogP contribution in [0.25, 0.3) is 0 Å². The van der Waals surface area contributed by atoms with E-state index in [2.05, 4.69) is 91.6 Å². The normalized spacial score (nSPS) is 21.8. The summed E-state index contributed by atoms with van der Waals surface area (Å²) in [6.07, 6.45) is 29.9. The molecular weight excluding hydrogens is 1800 g/mol. The van der Waals surface area contributed by atoms with E-state index in [1.807, 2.05) is 91.8 Å². The first-order valence-electron chi connectivity index (χ1n) is 50.1. The number of fused-ring (bicyclic) bond motifs is 12. The van der Waals surface area contributed by atoms with Crippen molar-refractivity contribution in [1.29, 1.82) is 0 Å². The van der Waals surface area contributed by atoms with Gasteiger partial charge in [-0.25, -0.2) is 48.7 Å². The van der Waals surface area contributed by atoms with Gasteiger partial charge in [-0.3, -0.25) is 39.5 Å². The van der Waals surface area contributed by atoms with Gasteiger partial charge < -0.3 is 85.5 Å². The van der Waals surface area contributed by atoms with Crippen LogP contribution in [0.3, 0.4) is 0 Å². The number of aliphatic imine (C=N–C) groups is 4. The fourth-order valence-electron chi connectivity index (χ4n) is 24.6. The van der Waals surface area contributed by atoms with E-state index in [-0.39, 0.29) is 57.9 Å². The SMILES string of the molecule is Cn1ccc2c(c1=O)CCCN2C1=NCc2nc(N3CCC4(CC3)Oc3c(F)cccc3[C@H]4N)cnc21.Cn1ccc2c(c1=O)CCCN2C1=NCc2nc(N3CCC4(CC3)Oc3ccccc3[C@H]4N)cnc21.N[C@@H]1c2cccc(F)c2OC12CCN(c1cnc3c(n1)CN=C3N1CCCc3ncccc31)CC2.N[C@@H]1c2ccccc2CC12CCN(c1cnc3c(n1)CN=C3N1CCCc3ncccc31)CC2. The summed E-state index contributed by atoms with van der Waals surface area (Å²) >= 11 is 0. The second kappa shape index (κ2) is 35.4. The minimum atomic E-state index is -0.597. The number of amidine groups is 4. The Bertz CT molecular complexity index is 7320. The third kappa shape index (κ3) is 15.1. The molecule has 1 aliphatic carbocycles. The van der Waals surface area contributed by atoms with Crippen molar-refractivity contribution >= 4 is 69.4 Å².